The Morgan fingerprint density at radius 2 is 1.68 bits per heavy atom. The van der Waals surface area contributed by atoms with E-state index in [1.165, 1.54) is 0 Å². The van der Waals surface area contributed by atoms with E-state index in [9.17, 15) is 9.59 Å². The molecule has 0 spiro atoms. The van der Waals surface area contributed by atoms with Crippen LogP contribution in [0.3, 0.4) is 0 Å². The number of esters is 2. The smallest absolute Gasteiger partial charge is 0.341 e. The molecular formula is C14H19BrO4. The summed E-state index contributed by atoms with van der Waals surface area (Å²) in [5.74, 6) is -0.894. The van der Waals surface area contributed by atoms with Crippen molar-refractivity contribution in [3.8, 4) is 0 Å². The van der Waals surface area contributed by atoms with Crippen LogP contribution >= 0.6 is 17.0 Å². The normalized spacial score (nSPS) is 10.3. The lowest BCUT2D eigenvalue weighted by atomic mass is 9.98. The van der Waals surface area contributed by atoms with Crippen molar-refractivity contribution >= 4 is 28.9 Å². The second-order valence-corrected chi connectivity index (χ2v) is 5.05. The Balaban J connectivity index is 0.00000324. The Morgan fingerprint density at radius 1 is 1.11 bits per heavy atom. The lowest BCUT2D eigenvalue weighted by molar-refractivity contribution is -0.161. The quantitative estimate of drug-likeness (QED) is 0.630. The van der Waals surface area contributed by atoms with Crippen LogP contribution in [0.4, 0.5) is 0 Å². The molecule has 0 amide bonds. The fourth-order valence-electron chi connectivity index (χ4n) is 1.23. The first-order valence-corrected chi connectivity index (χ1v) is 5.72. The second-order valence-electron chi connectivity index (χ2n) is 5.05. The fourth-order valence-corrected chi connectivity index (χ4v) is 1.23. The van der Waals surface area contributed by atoms with Crippen LogP contribution in [0, 0.1) is 12.3 Å². The van der Waals surface area contributed by atoms with E-state index in [0.29, 0.717) is 5.56 Å². The Morgan fingerprint density at radius 3 is 2.21 bits per heavy atom. The number of ether oxygens (including phenoxy) is 2. The number of carbonyl (C=O) groups excluding carboxylic acids is 2. The Hall–Kier alpha value is -1.36. The number of hydrogen-bond donors (Lipinski definition) is 0. The second kappa shape index (κ2) is 7.28. The highest BCUT2D eigenvalue weighted by Gasteiger charge is 2.23. The standard InChI is InChI=1S/C14H18O4.BrH/c1-10-7-5-6-8-11(10)12(15)17-9-18-13(16)14(2,3)4;/h5-8H,9H2,1-4H3;1H. The summed E-state index contributed by atoms with van der Waals surface area (Å²) >= 11 is 0. The van der Waals surface area contributed by atoms with Crippen LogP contribution in [0.25, 0.3) is 0 Å². The zero-order valence-electron chi connectivity index (χ0n) is 11.6. The zero-order valence-corrected chi connectivity index (χ0v) is 13.3. The van der Waals surface area contributed by atoms with Crippen LogP contribution in [0.5, 0.6) is 0 Å². The SMILES string of the molecule is Br.Cc1ccccc1C(=O)OCOC(=O)C(C)(C)C. The summed E-state index contributed by atoms with van der Waals surface area (Å²) in [7, 11) is 0. The average molecular weight is 331 g/mol. The van der Waals surface area contributed by atoms with E-state index < -0.39 is 17.4 Å². The third-order valence-corrected chi connectivity index (χ3v) is 2.36. The first-order chi connectivity index (χ1) is 8.32. The number of rotatable bonds is 3. The third-order valence-electron chi connectivity index (χ3n) is 2.36. The molecule has 0 heterocycles. The number of halogens is 1. The van der Waals surface area contributed by atoms with Gasteiger partial charge in [-0.05, 0) is 39.3 Å². The maximum absolute atomic E-state index is 11.7. The topological polar surface area (TPSA) is 52.6 Å². The first-order valence-electron chi connectivity index (χ1n) is 5.72. The van der Waals surface area contributed by atoms with Gasteiger partial charge in [-0.15, -0.1) is 17.0 Å². The minimum atomic E-state index is -0.602. The van der Waals surface area contributed by atoms with Gasteiger partial charge in [0.2, 0.25) is 6.79 Å². The number of benzene rings is 1. The van der Waals surface area contributed by atoms with Gasteiger partial charge in [0.1, 0.15) is 0 Å². The summed E-state index contributed by atoms with van der Waals surface area (Å²) in [6, 6.07) is 7.08. The molecule has 0 aliphatic carbocycles. The molecule has 1 aromatic carbocycles. The summed E-state index contributed by atoms with van der Waals surface area (Å²) in [5, 5.41) is 0. The van der Waals surface area contributed by atoms with Gasteiger partial charge < -0.3 is 9.47 Å². The van der Waals surface area contributed by atoms with Crippen molar-refractivity contribution in [3.63, 3.8) is 0 Å². The molecule has 106 valence electrons. The van der Waals surface area contributed by atoms with Crippen LogP contribution in [0.1, 0.15) is 36.7 Å². The van der Waals surface area contributed by atoms with Crippen LogP contribution in [-0.4, -0.2) is 18.7 Å². The van der Waals surface area contributed by atoms with Crippen molar-refractivity contribution in [2.75, 3.05) is 6.79 Å². The molecule has 0 saturated heterocycles. The highest BCUT2D eigenvalue weighted by atomic mass is 79.9. The van der Waals surface area contributed by atoms with Crippen molar-refractivity contribution in [1.82, 2.24) is 0 Å². The minimum absolute atomic E-state index is 0. The van der Waals surface area contributed by atoms with E-state index in [-0.39, 0.29) is 23.8 Å². The van der Waals surface area contributed by atoms with E-state index in [1.807, 2.05) is 19.1 Å². The molecule has 1 rings (SSSR count). The summed E-state index contributed by atoms with van der Waals surface area (Å²) in [5.41, 5.74) is 0.698. The van der Waals surface area contributed by atoms with Crippen LogP contribution in [0.2, 0.25) is 0 Å². The molecule has 5 heteroatoms. The van der Waals surface area contributed by atoms with Crippen molar-refractivity contribution in [1.29, 1.82) is 0 Å². The molecule has 0 radical (unpaired) electrons. The predicted molar refractivity (Wildman–Crippen MR) is 77.3 cm³/mol. The third kappa shape index (κ3) is 5.42. The Bertz CT molecular complexity index is 449. The van der Waals surface area contributed by atoms with Gasteiger partial charge in [0, 0.05) is 0 Å². The number of hydrogen-bond acceptors (Lipinski definition) is 4. The summed E-state index contributed by atoms with van der Waals surface area (Å²) in [4.78, 5) is 23.1. The molecule has 19 heavy (non-hydrogen) atoms. The van der Waals surface area contributed by atoms with Crippen molar-refractivity contribution < 1.29 is 19.1 Å². The first kappa shape index (κ1) is 17.6. The molecule has 0 N–H and O–H groups in total. The Labute approximate surface area is 123 Å². The molecule has 0 aliphatic heterocycles. The van der Waals surface area contributed by atoms with Gasteiger partial charge >= 0.3 is 11.9 Å². The molecule has 1 aromatic rings. The maximum atomic E-state index is 11.7. The predicted octanol–water partition coefficient (Wildman–Crippen LogP) is 3.28. The van der Waals surface area contributed by atoms with E-state index in [1.54, 1.807) is 32.9 Å². The molecule has 0 unspecified atom stereocenters. The Kier molecular flexibility index (Phi) is 6.76. The summed E-state index contributed by atoms with van der Waals surface area (Å²) < 4.78 is 9.75. The van der Waals surface area contributed by atoms with Crippen molar-refractivity contribution in [3.05, 3.63) is 35.4 Å². The lowest BCUT2D eigenvalue weighted by Crippen LogP contribution is -2.24. The van der Waals surface area contributed by atoms with Crippen molar-refractivity contribution in [2.45, 2.75) is 27.7 Å². The molecule has 0 aromatic heterocycles. The number of aryl methyl sites for hydroxylation is 1. The van der Waals surface area contributed by atoms with E-state index in [2.05, 4.69) is 0 Å². The molecule has 0 bridgehead atoms. The summed E-state index contributed by atoms with van der Waals surface area (Å²) in [6.07, 6.45) is 0. The molecule has 0 aliphatic rings. The lowest BCUT2D eigenvalue weighted by Gasteiger charge is -2.16. The highest BCUT2D eigenvalue weighted by molar-refractivity contribution is 8.93. The van der Waals surface area contributed by atoms with E-state index in [0.717, 1.165) is 5.56 Å². The molecule has 0 fully saturated rings. The van der Waals surface area contributed by atoms with Gasteiger partial charge in [-0.1, -0.05) is 18.2 Å². The van der Waals surface area contributed by atoms with Gasteiger partial charge in [-0.3, -0.25) is 4.79 Å². The van der Waals surface area contributed by atoms with Crippen LogP contribution < -0.4 is 0 Å². The van der Waals surface area contributed by atoms with Gasteiger partial charge in [0.05, 0.1) is 11.0 Å². The molecule has 0 saturated carbocycles. The maximum Gasteiger partial charge on any atom is 0.341 e. The van der Waals surface area contributed by atoms with Crippen LogP contribution in [0.15, 0.2) is 24.3 Å². The zero-order chi connectivity index (χ0) is 13.8. The number of carbonyl (C=O) groups is 2. The van der Waals surface area contributed by atoms with Crippen molar-refractivity contribution in [2.24, 2.45) is 5.41 Å². The average Bonchev–Trinajstić information content (AvgIpc) is 2.28. The van der Waals surface area contributed by atoms with E-state index >= 15 is 0 Å². The summed E-state index contributed by atoms with van der Waals surface area (Å²) in [6.45, 7) is 6.66. The highest BCUT2D eigenvalue weighted by Crippen LogP contribution is 2.15. The van der Waals surface area contributed by atoms with Crippen LogP contribution in [-0.2, 0) is 14.3 Å². The largest absolute Gasteiger partial charge is 0.427 e. The molecule has 4 nitrogen and oxygen atoms in total. The minimum Gasteiger partial charge on any atom is -0.427 e. The molecular weight excluding hydrogens is 312 g/mol. The fraction of sp³-hybridized carbons (Fsp3) is 0.429. The molecule has 0 atom stereocenters. The van der Waals surface area contributed by atoms with E-state index in [4.69, 9.17) is 9.47 Å². The van der Waals surface area contributed by atoms with Gasteiger partial charge in [0.25, 0.3) is 0 Å². The van der Waals surface area contributed by atoms with Gasteiger partial charge in [-0.25, -0.2) is 4.79 Å². The van der Waals surface area contributed by atoms with Gasteiger partial charge in [0.15, 0.2) is 0 Å². The van der Waals surface area contributed by atoms with Gasteiger partial charge in [-0.2, -0.15) is 0 Å². The monoisotopic (exact) mass is 330 g/mol.